The van der Waals surface area contributed by atoms with Gasteiger partial charge in [-0.3, -0.25) is 0 Å². The average Bonchev–Trinajstić information content (AvgIpc) is 4.14. The largest absolute Gasteiger partial charge is 0.497 e. The van der Waals surface area contributed by atoms with Gasteiger partial charge >= 0.3 is 12.2 Å². The highest BCUT2D eigenvalue weighted by Crippen LogP contribution is 2.27. The van der Waals surface area contributed by atoms with Crippen molar-refractivity contribution in [3.63, 3.8) is 0 Å². The van der Waals surface area contributed by atoms with Crippen molar-refractivity contribution in [2.45, 2.75) is 145 Å². The van der Waals surface area contributed by atoms with Crippen molar-refractivity contribution >= 4 is 22.2 Å². The molecule has 0 saturated carbocycles. The molecule has 18 nitrogen and oxygen atoms in total. The van der Waals surface area contributed by atoms with Crippen molar-refractivity contribution in [2.24, 2.45) is 0 Å². The van der Waals surface area contributed by atoms with Gasteiger partial charge in [0.1, 0.15) is 17.5 Å². The van der Waals surface area contributed by atoms with Crippen LogP contribution in [-0.4, -0.2) is 156 Å². The molecular weight excluding hydrogens is 949 g/mol. The van der Waals surface area contributed by atoms with Crippen LogP contribution in [0.25, 0.3) is 0 Å². The van der Waals surface area contributed by atoms with Gasteiger partial charge in [0.05, 0.1) is 75.9 Å². The Morgan fingerprint density at radius 1 is 0.736 bits per heavy atom. The van der Waals surface area contributed by atoms with E-state index in [2.05, 4.69) is 16.0 Å². The Morgan fingerprint density at radius 3 is 1.78 bits per heavy atom. The Hall–Kier alpha value is -4.41. The molecule has 72 heavy (non-hydrogen) atoms. The Morgan fingerprint density at radius 2 is 1.26 bits per heavy atom. The zero-order valence-corrected chi connectivity index (χ0v) is 43.9. The minimum absolute atomic E-state index is 0.0816. The molecule has 0 unspecified atom stereocenters. The van der Waals surface area contributed by atoms with E-state index in [9.17, 15) is 28.2 Å². The van der Waals surface area contributed by atoms with Gasteiger partial charge in [0.15, 0.2) is 11.6 Å². The van der Waals surface area contributed by atoms with Crippen molar-refractivity contribution in [3.8, 4) is 5.75 Å². The number of nitrogens with one attached hydrogen (secondary N) is 3. The molecule has 3 aromatic rings. The molecule has 0 radical (unpaired) electrons. The average molecular weight is 1030 g/mol. The summed E-state index contributed by atoms with van der Waals surface area (Å²) in [6, 6.07) is 24.1. The van der Waals surface area contributed by atoms with Crippen molar-refractivity contribution in [1.29, 1.82) is 0 Å². The predicted octanol–water partition coefficient (Wildman–Crippen LogP) is 6.11. The number of amides is 2. The normalized spacial score (nSPS) is 19.1. The number of aliphatic hydroxyl groups is 2. The molecule has 0 bridgehead atoms. The van der Waals surface area contributed by atoms with Crippen LogP contribution in [0.2, 0.25) is 0 Å². The summed E-state index contributed by atoms with van der Waals surface area (Å²) in [7, 11) is -2.49. The maximum atomic E-state index is 13.8. The van der Waals surface area contributed by atoms with Crippen molar-refractivity contribution in [1.82, 2.24) is 20.3 Å². The Kier molecular flexibility index (Phi) is 23.5. The summed E-state index contributed by atoms with van der Waals surface area (Å²) in [5.74, 6) is -0.588. The van der Waals surface area contributed by atoms with E-state index in [0.717, 1.165) is 36.9 Å². The van der Waals surface area contributed by atoms with Crippen LogP contribution >= 0.6 is 0 Å². The van der Waals surface area contributed by atoms with E-state index in [1.807, 2.05) is 95.3 Å². The number of hydrogen-bond donors (Lipinski definition) is 5. The second kappa shape index (κ2) is 28.9. The number of unbranched alkanes of at least 4 members (excludes halogenated alkanes) is 2. The maximum absolute atomic E-state index is 13.8. The second-order valence-electron chi connectivity index (χ2n) is 19.7. The quantitative estimate of drug-likeness (QED) is 0.0573. The zero-order chi connectivity index (χ0) is 52.0. The molecule has 3 aromatic carbocycles. The van der Waals surface area contributed by atoms with Crippen molar-refractivity contribution in [3.05, 3.63) is 96.1 Å². The fraction of sp³-hybridized carbons (Fsp3) is 0.623. The van der Waals surface area contributed by atoms with Crippen LogP contribution in [0.4, 0.5) is 9.59 Å². The Labute approximate surface area is 426 Å². The number of ether oxygens (including phenoxy) is 8. The number of carbonyl (C=O) groups is 2. The third-order valence-electron chi connectivity index (χ3n) is 12.5. The van der Waals surface area contributed by atoms with Gasteiger partial charge in [-0.1, -0.05) is 60.7 Å². The fourth-order valence-electron chi connectivity index (χ4n) is 8.47. The molecule has 5 atom stereocenters. The second-order valence-corrected chi connectivity index (χ2v) is 21.7. The first kappa shape index (κ1) is 58.5. The van der Waals surface area contributed by atoms with Crippen molar-refractivity contribution in [2.75, 3.05) is 72.9 Å². The molecule has 3 aliphatic heterocycles. The standard InChI is InChI=1S/C30H42N2O9S.C23H38N2O5/c1-30(39-18-19-40-30)15-6-7-16-32(42(35,36)26-12-10-24(37-2)11-13-26)21-28(33)27(20-23-8-4-3-5-9-23)31-29(34)41-25-14-17-38-22-25;1-22(2,3)30-21(27)25-19(16-18-10-6-5-7-11-18)20(26)17-24-13-9-8-12-23(4)28-14-15-29-23/h3-5,8-13,25,27-28,33H,6-7,14-22H2,1-2H3,(H,31,34);5-7,10-11,19-20,24,26H,8-9,12-17H2,1-4H3,(H,25,27)/t25-,27-,28+;19-,20+/m00/s1. The third-order valence-corrected chi connectivity index (χ3v) is 14.3. The lowest BCUT2D eigenvalue weighted by molar-refractivity contribution is -0.147. The lowest BCUT2D eigenvalue weighted by Crippen LogP contribution is -2.51. The van der Waals surface area contributed by atoms with E-state index in [-0.39, 0.29) is 30.5 Å². The molecule has 0 aromatic heterocycles. The highest BCUT2D eigenvalue weighted by Gasteiger charge is 2.34. The Bertz CT molecular complexity index is 2130. The van der Waals surface area contributed by atoms with Gasteiger partial charge in [-0.2, -0.15) is 4.31 Å². The van der Waals surface area contributed by atoms with Gasteiger partial charge in [0.2, 0.25) is 10.0 Å². The van der Waals surface area contributed by atoms with Crippen LogP contribution in [0, 0.1) is 0 Å². The summed E-state index contributed by atoms with van der Waals surface area (Å²) in [4.78, 5) is 25.1. The van der Waals surface area contributed by atoms with Crippen LogP contribution in [0.15, 0.2) is 89.8 Å². The molecule has 0 spiro atoms. The van der Waals surface area contributed by atoms with Crippen LogP contribution in [0.3, 0.4) is 0 Å². The number of sulfonamides is 1. The topological polar surface area (TPSA) is 222 Å². The highest BCUT2D eigenvalue weighted by molar-refractivity contribution is 7.89. The summed E-state index contributed by atoms with van der Waals surface area (Å²) >= 11 is 0. The van der Waals surface area contributed by atoms with E-state index < -0.39 is 63.7 Å². The van der Waals surface area contributed by atoms with Gasteiger partial charge < -0.3 is 64.1 Å². The molecule has 19 heteroatoms. The summed E-state index contributed by atoms with van der Waals surface area (Å²) in [6.45, 7) is 13.6. The number of hydrogen-bond acceptors (Lipinski definition) is 15. The summed E-state index contributed by atoms with van der Waals surface area (Å²) < 4.78 is 72.8. The fourth-order valence-corrected chi connectivity index (χ4v) is 9.97. The lowest BCUT2D eigenvalue weighted by atomic mass is 10.0. The summed E-state index contributed by atoms with van der Waals surface area (Å²) in [5, 5.41) is 31.1. The van der Waals surface area contributed by atoms with Crippen LogP contribution < -0.4 is 20.7 Å². The molecule has 6 rings (SSSR count). The zero-order valence-electron chi connectivity index (χ0n) is 43.1. The van der Waals surface area contributed by atoms with Gasteiger partial charge in [-0.05, 0) is 115 Å². The number of aliphatic hydroxyl groups excluding tert-OH is 2. The maximum Gasteiger partial charge on any atom is 0.407 e. The van der Waals surface area contributed by atoms with Gasteiger partial charge in [0.25, 0.3) is 0 Å². The van der Waals surface area contributed by atoms with Crippen molar-refractivity contribution < 1.29 is 66.1 Å². The van der Waals surface area contributed by atoms with Gasteiger partial charge in [-0.15, -0.1) is 0 Å². The number of methoxy groups -OCH3 is 1. The third kappa shape index (κ3) is 20.5. The van der Waals surface area contributed by atoms with E-state index in [0.29, 0.717) is 84.0 Å². The molecule has 3 aliphatic rings. The van der Waals surface area contributed by atoms with E-state index in [1.165, 1.54) is 23.5 Å². The van der Waals surface area contributed by atoms with Gasteiger partial charge in [-0.25, -0.2) is 18.0 Å². The first-order chi connectivity index (χ1) is 34.3. The summed E-state index contributed by atoms with van der Waals surface area (Å²) in [5.41, 5.74) is 1.33. The monoisotopic (exact) mass is 1030 g/mol. The predicted molar refractivity (Wildman–Crippen MR) is 271 cm³/mol. The molecule has 3 fully saturated rings. The molecule has 402 valence electrons. The smallest absolute Gasteiger partial charge is 0.407 e. The van der Waals surface area contributed by atoms with Crippen LogP contribution in [0.1, 0.15) is 90.7 Å². The minimum atomic E-state index is -3.99. The number of benzene rings is 3. The van der Waals surface area contributed by atoms with E-state index in [4.69, 9.17) is 37.9 Å². The lowest BCUT2D eigenvalue weighted by Gasteiger charge is -2.30. The molecular formula is C53H80N4O14S. The number of alkyl carbamates (subject to hydrolysis) is 2. The van der Waals surface area contributed by atoms with E-state index in [1.54, 1.807) is 12.1 Å². The molecule has 0 aliphatic carbocycles. The first-order valence-electron chi connectivity index (χ1n) is 25.2. The molecule has 3 heterocycles. The number of nitrogens with zero attached hydrogens (tertiary/aromatic N) is 1. The summed E-state index contributed by atoms with van der Waals surface area (Å²) in [6.07, 6.45) is 2.44. The highest BCUT2D eigenvalue weighted by atomic mass is 32.2. The first-order valence-corrected chi connectivity index (χ1v) is 26.7. The van der Waals surface area contributed by atoms with E-state index >= 15 is 0 Å². The molecule has 5 N–H and O–H groups in total. The number of rotatable bonds is 26. The minimum Gasteiger partial charge on any atom is -0.497 e. The van der Waals surface area contributed by atoms with Gasteiger partial charge in [0, 0.05) is 38.9 Å². The Balaban J connectivity index is 0.000000283. The molecule has 2 amide bonds. The van der Waals surface area contributed by atoms with Crippen LogP contribution in [0.5, 0.6) is 5.75 Å². The number of carbonyl (C=O) groups excluding carboxylic acids is 2. The molecule has 3 saturated heterocycles. The SMILES string of the molecule is CC(C)(C)OC(=O)N[C@@H](Cc1ccccc1)[C@H](O)CNCCCCC1(C)OCCO1.COc1ccc(S(=O)(=O)N(CCCCC2(C)OCCO2)C[C@@H](O)[C@H](Cc2ccccc2)NC(=O)O[C@H]2CCOC2)cc1. The van der Waals surface area contributed by atoms with Crippen LogP contribution in [-0.2, 0) is 56.0 Å².